The number of hydrogen-bond donors (Lipinski definition) is 1. The van der Waals surface area contributed by atoms with E-state index in [0.717, 1.165) is 30.7 Å². The molecule has 2 rings (SSSR count). The summed E-state index contributed by atoms with van der Waals surface area (Å²) in [6.07, 6.45) is 3.74. The molecule has 0 saturated carbocycles. The largest absolute Gasteiger partial charge is 0.327 e. The number of piperidine rings is 1. The van der Waals surface area contributed by atoms with Gasteiger partial charge in [-0.2, -0.15) is 4.99 Å². The molecule has 0 aliphatic carbocycles. The molecule has 0 atom stereocenters. The third kappa shape index (κ3) is 3.17. The van der Waals surface area contributed by atoms with Crippen molar-refractivity contribution in [2.24, 2.45) is 18.0 Å². The third-order valence-corrected chi connectivity index (χ3v) is 3.50. The lowest BCUT2D eigenvalue weighted by atomic mass is 9.98. The van der Waals surface area contributed by atoms with Crippen molar-refractivity contribution in [2.45, 2.75) is 12.8 Å². The molecule has 0 aromatic carbocycles. The summed E-state index contributed by atoms with van der Waals surface area (Å²) in [7, 11) is 1.91. The zero-order valence-electron chi connectivity index (χ0n) is 9.18. The molecule has 16 heavy (non-hydrogen) atoms. The molecule has 6 heteroatoms. The second-order valence-corrected chi connectivity index (χ2v) is 4.64. The highest BCUT2D eigenvalue weighted by atomic mass is 35.5. The topological polar surface area (TPSA) is 46.4 Å². The molecular weight excluding hydrogens is 246 g/mol. The smallest absolute Gasteiger partial charge is 0.251 e. The lowest BCUT2D eigenvalue weighted by molar-refractivity contribution is -0.122. The van der Waals surface area contributed by atoms with Crippen LogP contribution in [0, 0.1) is 5.92 Å². The van der Waals surface area contributed by atoms with E-state index in [9.17, 15) is 4.79 Å². The van der Waals surface area contributed by atoms with Crippen LogP contribution >= 0.6 is 23.7 Å². The van der Waals surface area contributed by atoms with Gasteiger partial charge in [-0.25, -0.2) is 0 Å². The summed E-state index contributed by atoms with van der Waals surface area (Å²) >= 11 is 1.50. The quantitative estimate of drug-likeness (QED) is 0.818. The summed E-state index contributed by atoms with van der Waals surface area (Å²) in [5, 5.41) is 5.18. The van der Waals surface area contributed by atoms with Gasteiger partial charge in [0, 0.05) is 24.5 Å². The molecule has 1 aromatic rings. The minimum absolute atomic E-state index is 0. The number of nitrogens with one attached hydrogen (secondary N) is 1. The maximum absolute atomic E-state index is 11.8. The average Bonchev–Trinajstić information content (AvgIpc) is 2.66. The Morgan fingerprint density at radius 2 is 2.25 bits per heavy atom. The Bertz CT molecular complexity index is 406. The molecule has 1 N–H and O–H groups in total. The molecule has 1 saturated heterocycles. The van der Waals surface area contributed by atoms with E-state index < -0.39 is 0 Å². The van der Waals surface area contributed by atoms with E-state index in [1.165, 1.54) is 11.3 Å². The van der Waals surface area contributed by atoms with E-state index in [2.05, 4.69) is 10.3 Å². The van der Waals surface area contributed by atoms with E-state index >= 15 is 0 Å². The maximum atomic E-state index is 11.8. The first-order chi connectivity index (χ1) is 7.27. The summed E-state index contributed by atoms with van der Waals surface area (Å²) in [6, 6.07) is 0. The molecule has 0 spiro atoms. The lowest BCUT2D eigenvalue weighted by Gasteiger charge is -2.18. The molecule has 2 heterocycles. The molecule has 4 nitrogen and oxygen atoms in total. The Morgan fingerprint density at radius 3 is 2.81 bits per heavy atom. The average molecular weight is 262 g/mol. The SMILES string of the molecule is Cl.Cn1ccsc1=NC(=O)C1CCNCC1. The number of carbonyl (C=O) groups excluding carboxylic acids is 1. The third-order valence-electron chi connectivity index (χ3n) is 2.65. The van der Waals surface area contributed by atoms with E-state index in [0.29, 0.717) is 0 Å². The number of carbonyl (C=O) groups is 1. The van der Waals surface area contributed by atoms with Gasteiger partial charge in [-0.15, -0.1) is 23.7 Å². The summed E-state index contributed by atoms with van der Waals surface area (Å²) in [6.45, 7) is 1.87. The Kier molecular flexibility index (Phi) is 5.18. The molecule has 0 unspecified atom stereocenters. The lowest BCUT2D eigenvalue weighted by Crippen LogP contribution is -2.32. The molecular formula is C10H16ClN3OS. The predicted molar refractivity (Wildman–Crippen MR) is 66.7 cm³/mol. The first-order valence-corrected chi connectivity index (χ1v) is 6.05. The van der Waals surface area contributed by atoms with Crippen LogP contribution in [-0.2, 0) is 11.8 Å². The van der Waals surface area contributed by atoms with Gasteiger partial charge >= 0.3 is 0 Å². The van der Waals surface area contributed by atoms with Gasteiger partial charge in [-0.05, 0) is 25.9 Å². The summed E-state index contributed by atoms with van der Waals surface area (Å²) in [4.78, 5) is 16.8. The number of hydrogen-bond acceptors (Lipinski definition) is 3. The normalized spacial score (nSPS) is 18.2. The van der Waals surface area contributed by atoms with Gasteiger partial charge in [0.15, 0.2) is 4.80 Å². The number of thiazole rings is 1. The Labute approximate surface area is 105 Å². The van der Waals surface area contributed by atoms with Crippen molar-refractivity contribution in [3.8, 4) is 0 Å². The van der Waals surface area contributed by atoms with Crippen LogP contribution in [0.15, 0.2) is 16.6 Å². The molecule has 90 valence electrons. The van der Waals surface area contributed by atoms with Crippen molar-refractivity contribution >= 4 is 29.7 Å². The van der Waals surface area contributed by atoms with Crippen molar-refractivity contribution in [3.05, 3.63) is 16.4 Å². The molecule has 1 amide bonds. The summed E-state index contributed by atoms with van der Waals surface area (Å²) in [5.41, 5.74) is 0. The molecule has 0 bridgehead atoms. The molecule has 1 aliphatic heterocycles. The second-order valence-electron chi connectivity index (χ2n) is 3.77. The van der Waals surface area contributed by atoms with Gasteiger partial charge < -0.3 is 9.88 Å². The second kappa shape index (κ2) is 6.18. The van der Waals surface area contributed by atoms with Gasteiger partial charge in [0.25, 0.3) is 5.91 Å². The predicted octanol–water partition coefficient (Wildman–Crippen LogP) is 0.935. The van der Waals surface area contributed by atoms with Gasteiger partial charge in [0.2, 0.25) is 0 Å². The maximum Gasteiger partial charge on any atom is 0.251 e. The van der Waals surface area contributed by atoms with Crippen LogP contribution in [0.4, 0.5) is 0 Å². The number of aromatic nitrogens is 1. The standard InChI is InChI=1S/C10H15N3OS.ClH/c1-13-6-7-15-10(13)12-9(14)8-2-4-11-5-3-8;/h6-8,11H,2-5H2,1H3;1H. The van der Waals surface area contributed by atoms with Crippen LogP contribution in [0.3, 0.4) is 0 Å². The van der Waals surface area contributed by atoms with Crippen LogP contribution < -0.4 is 10.1 Å². The highest BCUT2D eigenvalue weighted by molar-refractivity contribution is 7.07. The van der Waals surface area contributed by atoms with E-state index in [4.69, 9.17) is 0 Å². The van der Waals surface area contributed by atoms with Gasteiger partial charge in [-0.1, -0.05) is 0 Å². The van der Waals surface area contributed by atoms with E-state index in [1.807, 2.05) is 23.2 Å². The Morgan fingerprint density at radius 1 is 1.56 bits per heavy atom. The van der Waals surface area contributed by atoms with Crippen molar-refractivity contribution in [3.63, 3.8) is 0 Å². The van der Waals surface area contributed by atoms with Crippen molar-refractivity contribution in [1.29, 1.82) is 0 Å². The van der Waals surface area contributed by atoms with Crippen LogP contribution in [0.2, 0.25) is 0 Å². The molecule has 0 radical (unpaired) electrons. The summed E-state index contributed by atoms with van der Waals surface area (Å²) < 4.78 is 1.88. The first kappa shape index (κ1) is 13.4. The van der Waals surface area contributed by atoms with Gasteiger partial charge in [0.05, 0.1) is 0 Å². The van der Waals surface area contributed by atoms with Gasteiger partial charge in [-0.3, -0.25) is 4.79 Å². The Balaban J connectivity index is 0.00000128. The highest BCUT2D eigenvalue weighted by Gasteiger charge is 2.20. The fourth-order valence-corrected chi connectivity index (χ4v) is 2.42. The van der Waals surface area contributed by atoms with Crippen LogP contribution in [0.25, 0.3) is 0 Å². The minimum atomic E-state index is 0. The van der Waals surface area contributed by atoms with Crippen LogP contribution in [0.1, 0.15) is 12.8 Å². The Hall–Kier alpha value is -0.650. The molecule has 1 fully saturated rings. The fourth-order valence-electron chi connectivity index (χ4n) is 1.69. The molecule has 1 aliphatic rings. The number of amides is 1. The summed E-state index contributed by atoms with van der Waals surface area (Å²) in [5.74, 6) is 0.155. The minimum Gasteiger partial charge on any atom is -0.327 e. The van der Waals surface area contributed by atoms with E-state index in [1.54, 1.807) is 0 Å². The zero-order chi connectivity index (χ0) is 10.7. The van der Waals surface area contributed by atoms with Crippen molar-refractivity contribution < 1.29 is 4.79 Å². The fraction of sp³-hybridized carbons (Fsp3) is 0.600. The number of rotatable bonds is 1. The first-order valence-electron chi connectivity index (χ1n) is 5.17. The zero-order valence-corrected chi connectivity index (χ0v) is 10.8. The van der Waals surface area contributed by atoms with Gasteiger partial charge in [0.1, 0.15) is 0 Å². The van der Waals surface area contributed by atoms with Crippen LogP contribution in [0.5, 0.6) is 0 Å². The number of nitrogens with zero attached hydrogens (tertiary/aromatic N) is 2. The van der Waals surface area contributed by atoms with Crippen molar-refractivity contribution in [2.75, 3.05) is 13.1 Å². The number of halogens is 1. The van der Waals surface area contributed by atoms with Crippen LogP contribution in [-0.4, -0.2) is 23.6 Å². The number of aryl methyl sites for hydroxylation is 1. The molecule has 1 aromatic heterocycles. The van der Waals surface area contributed by atoms with E-state index in [-0.39, 0.29) is 24.2 Å². The highest BCUT2D eigenvalue weighted by Crippen LogP contribution is 2.12. The van der Waals surface area contributed by atoms with Crippen molar-refractivity contribution in [1.82, 2.24) is 9.88 Å². The monoisotopic (exact) mass is 261 g/mol.